The first-order chi connectivity index (χ1) is 14.6. The molecule has 1 atom stereocenters. The molecule has 0 saturated heterocycles. The number of benzene rings is 2. The summed E-state index contributed by atoms with van der Waals surface area (Å²) in [6.45, 7) is 1.73. The summed E-state index contributed by atoms with van der Waals surface area (Å²) in [4.78, 5) is 24.2. The summed E-state index contributed by atoms with van der Waals surface area (Å²) in [5.41, 5.74) is 4.31. The smallest absolute Gasteiger partial charge is 0.287 e. The van der Waals surface area contributed by atoms with Crippen molar-refractivity contribution in [2.75, 3.05) is 0 Å². The second kappa shape index (κ2) is 7.07. The predicted octanol–water partition coefficient (Wildman–Crippen LogP) is 4.13. The number of pyridine rings is 1. The third kappa shape index (κ3) is 3.08. The van der Waals surface area contributed by atoms with E-state index in [4.69, 9.17) is 0 Å². The van der Waals surface area contributed by atoms with Crippen molar-refractivity contribution in [2.45, 2.75) is 13.0 Å². The summed E-state index contributed by atoms with van der Waals surface area (Å²) < 4.78 is 14.0. The number of fused-ring (bicyclic) bond motifs is 2. The standard InChI is InChI=1S/C22H17FN6O/c1-12(14-4-2-3-5-16(14)23)25-22(30)21-26-18-10-15-17(11-19(18)27-21)28-29-20(15)13-6-8-24-9-7-13/h2-12H,1H3,(H,25,30)(H,26,27)(H,28,29)/t12-/m1/s1. The van der Waals surface area contributed by atoms with Gasteiger partial charge in [0.25, 0.3) is 5.91 Å². The zero-order chi connectivity index (χ0) is 20.7. The molecule has 0 bridgehead atoms. The molecule has 3 N–H and O–H groups in total. The lowest BCUT2D eigenvalue weighted by molar-refractivity contribution is 0.0930. The minimum absolute atomic E-state index is 0.166. The zero-order valence-electron chi connectivity index (χ0n) is 16.0. The number of aromatic nitrogens is 5. The summed E-state index contributed by atoms with van der Waals surface area (Å²) in [5.74, 6) is -0.599. The van der Waals surface area contributed by atoms with Crippen molar-refractivity contribution in [3.05, 3.63) is 78.1 Å². The number of imidazole rings is 1. The maximum atomic E-state index is 14.0. The lowest BCUT2D eigenvalue weighted by atomic mass is 10.1. The van der Waals surface area contributed by atoms with Crippen LogP contribution in [0.2, 0.25) is 0 Å². The molecule has 1 amide bonds. The van der Waals surface area contributed by atoms with Gasteiger partial charge in [0, 0.05) is 28.9 Å². The Balaban J connectivity index is 1.47. The van der Waals surface area contributed by atoms with Crippen LogP contribution in [-0.4, -0.2) is 31.1 Å². The van der Waals surface area contributed by atoms with E-state index in [0.717, 1.165) is 22.2 Å². The first-order valence-corrected chi connectivity index (χ1v) is 9.43. The molecule has 2 aromatic carbocycles. The Bertz CT molecular complexity index is 1370. The van der Waals surface area contributed by atoms with E-state index in [2.05, 4.69) is 30.5 Å². The third-order valence-electron chi connectivity index (χ3n) is 5.05. The molecule has 148 valence electrons. The highest BCUT2D eigenvalue weighted by molar-refractivity contribution is 6.02. The second-order valence-electron chi connectivity index (χ2n) is 7.03. The van der Waals surface area contributed by atoms with Crippen LogP contribution in [0.25, 0.3) is 33.2 Å². The molecule has 0 radical (unpaired) electrons. The van der Waals surface area contributed by atoms with Gasteiger partial charge in [-0.25, -0.2) is 9.37 Å². The SMILES string of the molecule is C[C@@H](NC(=O)c1nc2cc3c(-c4ccncc4)n[nH]c3cc2[nH]1)c1ccccc1F. The van der Waals surface area contributed by atoms with Crippen molar-refractivity contribution in [2.24, 2.45) is 0 Å². The van der Waals surface area contributed by atoms with Gasteiger partial charge in [-0.05, 0) is 37.3 Å². The summed E-state index contributed by atoms with van der Waals surface area (Å²) >= 11 is 0. The van der Waals surface area contributed by atoms with E-state index in [1.165, 1.54) is 6.07 Å². The number of halogens is 1. The van der Waals surface area contributed by atoms with E-state index >= 15 is 0 Å². The molecule has 0 aliphatic carbocycles. The summed E-state index contributed by atoms with van der Waals surface area (Å²) in [5, 5.41) is 11.1. The molecule has 0 aliphatic heterocycles. The number of amides is 1. The molecule has 7 nitrogen and oxygen atoms in total. The molecule has 3 heterocycles. The highest BCUT2D eigenvalue weighted by Gasteiger charge is 2.18. The Labute approximate surface area is 170 Å². The van der Waals surface area contributed by atoms with Crippen molar-refractivity contribution in [1.29, 1.82) is 0 Å². The van der Waals surface area contributed by atoms with Crippen molar-refractivity contribution in [3.63, 3.8) is 0 Å². The molecule has 5 aromatic rings. The molecular formula is C22H17FN6O. The van der Waals surface area contributed by atoms with Gasteiger partial charge in [0.2, 0.25) is 0 Å². The van der Waals surface area contributed by atoms with E-state index < -0.39 is 11.9 Å². The lowest BCUT2D eigenvalue weighted by Gasteiger charge is -2.13. The largest absolute Gasteiger partial charge is 0.343 e. The maximum absolute atomic E-state index is 14.0. The topological polar surface area (TPSA) is 99.3 Å². The monoisotopic (exact) mass is 400 g/mol. The van der Waals surface area contributed by atoms with Gasteiger partial charge in [0.15, 0.2) is 5.82 Å². The zero-order valence-corrected chi connectivity index (χ0v) is 16.0. The van der Waals surface area contributed by atoms with Gasteiger partial charge in [-0.1, -0.05) is 18.2 Å². The Kier molecular flexibility index (Phi) is 4.24. The molecule has 0 fully saturated rings. The van der Waals surface area contributed by atoms with Crippen molar-refractivity contribution >= 4 is 27.8 Å². The average molecular weight is 400 g/mol. The number of aromatic amines is 2. The quantitative estimate of drug-likeness (QED) is 0.422. The number of H-pyrrole nitrogens is 2. The van der Waals surface area contributed by atoms with Crippen molar-refractivity contribution in [1.82, 2.24) is 30.5 Å². The molecular weight excluding hydrogens is 383 g/mol. The molecule has 0 aliphatic rings. The molecule has 0 unspecified atom stereocenters. The number of rotatable bonds is 4. The van der Waals surface area contributed by atoms with Crippen LogP contribution >= 0.6 is 0 Å². The van der Waals surface area contributed by atoms with E-state index in [-0.39, 0.29) is 11.6 Å². The molecule has 5 rings (SSSR count). The van der Waals surface area contributed by atoms with Crippen LogP contribution in [0.15, 0.2) is 60.9 Å². The number of carbonyl (C=O) groups is 1. The first-order valence-electron chi connectivity index (χ1n) is 9.43. The van der Waals surface area contributed by atoms with E-state index in [0.29, 0.717) is 16.6 Å². The summed E-state index contributed by atoms with van der Waals surface area (Å²) in [6.07, 6.45) is 3.42. The Hall–Kier alpha value is -4.07. The Morgan fingerprint density at radius 1 is 1.10 bits per heavy atom. The van der Waals surface area contributed by atoms with E-state index in [9.17, 15) is 9.18 Å². The fraction of sp³-hybridized carbons (Fsp3) is 0.0909. The normalized spacial score (nSPS) is 12.3. The van der Waals surface area contributed by atoms with Gasteiger partial charge < -0.3 is 10.3 Å². The minimum Gasteiger partial charge on any atom is -0.343 e. The van der Waals surface area contributed by atoms with Crippen LogP contribution in [-0.2, 0) is 0 Å². The van der Waals surface area contributed by atoms with Gasteiger partial charge in [-0.2, -0.15) is 5.10 Å². The maximum Gasteiger partial charge on any atom is 0.287 e. The number of hydrogen-bond donors (Lipinski definition) is 3. The first kappa shape index (κ1) is 18.0. The van der Waals surface area contributed by atoms with Crippen LogP contribution in [0, 0.1) is 5.82 Å². The van der Waals surface area contributed by atoms with Crippen LogP contribution in [0.4, 0.5) is 4.39 Å². The van der Waals surface area contributed by atoms with Gasteiger partial charge >= 0.3 is 0 Å². The van der Waals surface area contributed by atoms with E-state index in [1.54, 1.807) is 37.5 Å². The molecule has 3 aromatic heterocycles. The Morgan fingerprint density at radius 3 is 2.70 bits per heavy atom. The van der Waals surface area contributed by atoms with Gasteiger partial charge in [0.05, 0.1) is 22.6 Å². The average Bonchev–Trinajstić information content (AvgIpc) is 3.36. The highest BCUT2D eigenvalue weighted by atomic mass is 19.1. The second-order valence-corrected chi connectivity index (χ2v) is 7.03. The molecule has 8 heteroatoms. The van der Waals surface area contributed by atoms with Crippen molar-refractivity contribution in [3.8, 4) is 11.3 Å². The van der Waals surface area contributed by atoms with Crippen LogP contribution in [0.1, 0.15) is 29.1 Å². The number of nitrogens with zero attached hydrogens (tertiary/aromatic N) is 3. The highest BCUT2D eigenvalue weighted by Crippen LogP contribution is 2.29. The van der Waals surface area contributed by atoms with Crippen LogP contribution in [0.3, 0.4) is 0 Å². The molecule has 0 saturated carbocycles. The number of hydrogen-bond acceptors (Lipinski definition) is 4. The van der Waals surface area contributed by atoms with Crippen LogP contribution < -0.4 is 5.32 Å². The van der Waals surface area contributed by atoms with Gasteiger partial charge in [0.1, 0.15) is 11.5 Å². The minimum atomic E-state index is -0.496. The fourth-order valence-electron chi connectivity index (χ4n) is 3.53. The fourth-order valence-corrected chi connectivity index (χ4v) is 3.53. The lowest BCUT2D eigenvalue weighted by Crippen LogP contribution is -2.28. The molecule has 0 spiro atoms. The number of nitrogens with one attached hydrogen (secondary N) is 3. The van der Waals surface area contributed by atoms with Gasteiger partial charge in [-0.3, -0.25) is 14.9 Å². The number of carbonyl (C=O) groups excluding carboxylic acids is 1. The Morgan fingerprint density at radius 2 is 1.90 bits per heavy atom. The summed E-state index contributed by atoms with van der Waals surface area (Å²) in [6, 6.07) is 13.4. The van der Waals surface area contributed by atoms with Crippen molar-refractivity contribution < 1.29 is 9.18 Å². The van der Waals surface area contributed by atoms with E-state index in [1.807, 2.05) is 24.3 Å². The predicted molar refractivity (Wildman–Crippen MR) is 111 cm³/mol. The third-order valence-corrected chi connectivity index (χ3v) is 5.05. The van der Waals surface area contributed by atoms with Crippen LogP contribution in [0.5, 0.6) is 0 Å². The van der Waals surface area contributed by atoms with Gasteiger partial charge in [-0.15, -0.1) is 0 Å². The summed E-state index contributed by atoms with van der Waals surface area (Å²) in [7, 11) is 0. The molecule has 30 heavy (non-hydrogen) atoms.